The van der Waals surface area contributed by atoms with Crippen LogP contribution < -0.4 is 9.47 Å². The van der Waals surface area contributed by atoms with Crippen molar-refractivity contribution in [2.45, 2.75) is 96.7 Å². The maximum atomic E-state index is 11.6. The molecule has 40 heavy (non-hydrogen) atoms. The lowest BCUT2D eigenvalue weighted by Gasteiger charge is -2.30. The zero-order chi connectivity index (χ0) is 27.9. The van der Waals surface area contributed by atoms with Crippen LogP contribution in [-0.2, 0) is 11.4 Å². The summed E-state index contributed by atoms with van der Waals surface area (Å²) in [4.78, 5) is 11.6. The fraction of sp³-hybridized carbons (Fsp3) is 0.472. The summed E-state index contributed by atoms with van der Waals surface area (Å²) in [5.41, 5.74) is 6.48. The summed E-state index contributed by atoms with van der Waals surface area (Å²) < 4.78 is 12.5. The monoisotopic (exact) mass is 538 g/mol. The summed E-state index contributed by atoms with van der Waals surface area (Å²) in [6.07, 6.45) is 8.72. The maximum absolute atomic E-state index is 11.6. The van der Waals surface area contributed by atoms with Crippen LogP contribution in [-0.4, -0.2) is 17.2 Å². The van der Waals surface area contributed by atoms with E-state index in [1.807, 2.05) is 12.1 Å². The number of ether oxygens (including phenoxy) is 2. The van der Waals surface area contributed by atoms with Gasteiger partial charge in [0, 0.05) is 0 Å². The van der Waals surface area contributed by atoms with Gasteiger partial charge in [-0.15, -0.1) is 0 Å². The number of rotatable bonds is 11. The highest BCUT2D eigenvalue weighted by molar-refractivity contribution is 5.70. The van der Waals surface area contributed by atoms with Crippen LogP contribution in [0, 0.1) is 10.8 Å². The van der Waals surface area contributed by atoms with E-state index in [0.717, 1.165) is 48.3 Å². The van der Waals surface area contributed by atoms with Crippen LogP contribution in [0.15, 0.2) is 66.7 Å². The maximum Gasteiger partial charge on any atom is 0.303 e. The van der Waals surface area contributed by atoms with E-state index in [-0.39, 0.29) is 23.2 Å². The molecule has 3 saturated carbocycles. The van der Waals surface area contributed by atoms with E-state index in [9.17, 15) is 9.90 Å². The molecule has 3 aliphatic carbocycles. The molecule has 3 fully saturated rings. The molecule has 6 rings (SSSR count). The Morgan fingerprint density at radius 1 is 0.925 bits per heavy atom. The minimum absolute atomic E-state index is 0.0173. The van der Waals surface area contributed by atoms with E-state index in [0.29, 0.717) is 18.6 Å². The molecule has 0 saturated heterocycles. The van der Waals surface area contributed by atoms with Crippen molar-refractivity contribution in [2.75, 3.05) is 0 Å². The quantitative estimate of drug-likeness (QED) is 0.264. The molecule has 210 valence electrons. The van der Waals surface area contributed by atoms with Crippen LogP contribution in [0.4, 0.5) is 0 Å². The summed E-state index contributed by atoms with van der Waals surface area (Å²) in [6, 6.07) is 23.5. The molecule has 0 spiro atoms. The van der Waals surface area contributed by atoms with Crippen molar-refractivity contribution in [2.24, 2.45) is 10.8 Å². The zero-order valence-electron chi connectivity index (χ0n) is 24.1. The highest BCUT2D eigenvalue weighted by Crippen LogP contribution is 2.57. The van der Waals surface area contributed by atoms with Crippen LogP contribution in [0.2, 0.25) is 0 Å². The highest BCUT2D eigenvalue weighted by Gasteiger charge is 2.46. The number of hydrogen-bond donors (Lipinski definition) is 1. The third-order valence-corrected chi connectivity index (χ3v) is 9.65. The number of carboxylic acids is 1. The minimum atomic E-state index is -0.739. The molecule has 0 radical (unpaired) electrons. The summed E-state index contributed by atoms with van der Waals surface area (Å²) in [5, 5.41) is 9.53. The fourth-order valence-corrected chi connectivity index (χ4v) is 6.75. The van der Waals surface area contributed by atoms with Gasteiger partial charge in [-0.25, -0.2) is 0 Å². The minimum Gasteiger partial charge on any atom is -0.490 e. The smallest absolute Gasteiger partial charge is 0.303 e. The molecule has 4 nitrogen and oxygen atoms in total. The third kappa shape index (κ3) is 5.92. The average Bonchev–Trinajstić information content (AvgIpc) is 3.86. The van der Waals surface area contributed by atoms with Crippen LogP contribution in [0.5, 0.6) is 11.5 Å². The van der Waals surface area contributed by atoms with E-state index in [1.165, 1.54) is 36.0 Å². The summed E-state index contributed by atoms with van der Waals surface area (Å²) in [5.74, 6) is 1.54. The first kappa shape index (κ1) is 26.9. The van der Waals surface area contributed by atoms with Crippen molar-refractivity contribution in [3.05, 3.63) is 83.4 Å². The van der Waals surface area contributed by atoms with Gasteiger partial charge in [-0.05, 0) is 113 Å². The Hall–Kier alpha value is -3.27. The van der Waals surface area contributed by atoms with E-state index in [1.54, 1.807) is 0 Å². The molecule has 3 aromatic rings. The molecule has 0 unspecified atom stereocenters. The van der Waals surface area contributed by atoms with Crippen molar-refractivity contribution in [1.29, 1.82) is 0 Å². The van der Waals surface area contributed by atoms with Gasteiger partial charge < -0.3 is 14.6 Å². The van der Waals surface area contributed by atoms with E-state index in [2.05, 4.69) is 75.4 Å². The van der Waals surface area contributed by atoms with E-state index in [4.69, 9.17) is 9.47 Å². The van der Waals surface area contributed by atoms with Crippen LogP contribution >= 0.6 is 0 Å². The predicted octanol–water partition coefficient (Wildman–Crippen LogP) is 9.13. The Labute approximate surface area is 238 Å². The van der Waals surface area contributed by atoms with Gasteiger partial charge >= 0.3 is 5.97 Å². The van der Waals surface area contributed by atoms with Crippen molar-refractivity contribution >= 4 is 5.97 Å². The third-order valence-electron chi connectivity index (χ3n) is 9.65. The Bertz CT molecular complexity index is 1380. The normalized spacial score (nSPS) is 21.5. The van der Waals surface area contributed by atoms with Gasteiger partial charge in [0.15, 0.2) is 0 Å². The second-order valence-corrected chi connectivity index (χ2v) is 13.4. The molecule has 1 N–H and O–H groups in total. The lowest BCUT2D eigenvalue weighted by atomic mass is 9.75. The lowest BCUT2D eigenvalue weighted by molar-refractivity contribution is -0.137. The second kappa shape index (κ2) is 10.6. The molecule has 3 aliphatic rings. The Kier molecular flexibility index (Phi) is 7.14. The summed E-state index contributed by atoms with van der Waals surface area (Å²) >= 11 is 0. The number of carboxylic acid groups (broad SMARTS) is 1. The summed E-state index contributed by atoms with van der Waals surface area (Å²) in [6.45, 7) is 7.50. The van der Waals surface area contributed by atoms with Gasteiger partial charge in [-0.1, -0.05) is 69.7 Å². The van der Waals surface area contributed by atoms with Gasteiger partial charge in [0.05, 0.1) is 12.5 Å². The first-order valence-electron chi connectivity index (χ1n) is 15.0. The lowest BCUT2D eigenvalue weighted by Crippen LogP contribution is -2.16. The summed E-state index contributed by atoms with van der Waals surface area (Å²) in [7, 11) is 0. The largest absolute Gasteiger partial charge is 0.490 e. The van der Waals surface area contributed by atoms with Gasteiger partial charge in [0.1, 0.15) is 18.1 Å². The SMILES string of the molecule is CC1(C)CCC[C@H]1c1cc(COc2cccc([C@@H](CC(=O)O)C3(C)CC3)c2)ccc1-c1cccc(OC2CC2)c1. The standard InChI is InChI=1S/C36H42O4/c1-35(2)16-6-11-32(35)31-19-24(12-15-30(31)25-7-4-10-29(20-25)40-27-13-14-27)23-39-28-9-5-8-26(21-28)33(22-34(37)38)36(3)17-18-36/h4-5,7-10,12,15,19-21,27,32-33H,6,11,13-14,16-18,22-23H2,1-3H3,(H,37,38)/t32-,33+/m0/s1. The molecule has 0 aromatic heterocycles. The molecule has 2 atom stereocenters. The molecule has 0 heterocycles. The molecular formula is C36H42O4. The molecule has 3 aromatic carbocycles. The van der Waals surface area contributed by atoms with Crippen molar-refractivity contribution < 1.29 is 19.4 Å². The first-order chi connectivity index (χ1) is 19.2. The van der Waals surface area contributed by atoms with Crippen LogP contribution in [0.1, 0.15) is 101 Å². The van der Waals surface area contributed by atoms with Gasteiger partial charge in [0.2, 0.25) is 0 Å². The van der Waals surface area contributed by atoms with Gasteiger partial charge in [-0.3, -0.25) is 4.79 Å². The Balaban J connectivity index is 1.26. The Morgan fingerprint density at radius 3 is 2.40 bits per heavy atom. The van der Waals surface area contributed by atoms with E-state index >= 15 is 0 Å². The van der Waals surface area contributed by atoms with Crippen molar-refractivity contribution in [3.8, 4) is 22.6 Å². The average molecular weight is 539 g/mol. The number of hydrogen-bond acceptors (Lipinski definition) is 3. The highest BCUT2D eigenvalue weighted by atomic mass is 16.5. The molecule has 0 bridgehead atoms. The topological polar surface area (TPSA) is 55.8 Å². The van der Waals surface area contributed by atoms with Crippen LogP contribution in [0.3, 0.4) is 0 Å². The zero-order valence-corrected chi connectivity index (χ0v) is 24.1. The van der Waals surface area contributed by atoms with Gasteiger partial charge in [0.25, 0.3) is 0 Å². The van der Waals surface area contributed by atoms with E-state index < -0.39 is 5.97 Å². The number of aliphatic carboxylic acids is 1. The first-order valence-corrected chi connectivity index (χ1v) is 15.0. The van der Waals surface area contributed by atoms with Gasteiger partial charge in [-0.2, -0.15) is 0 Å². The molecule has 4 heteroatoms. The fourth-order valence-electron chi connectivity index (χ4n) is 6.75. The number of carbonyl (C=O) groups is 1. The second-order valence-electron chi connectivity index (χ2n) is 13.4. The predicted molar refractivity (Wildman–Crippen MR) is 159 cm³/mol. The van der Waals surface area contributed by atoms with Crippen molar-refractivity contribution in [1.82, 2.24) is 0 Å². The Morgan fingerprint density at radius 2 is 1.70 bits per heavy atom. The van der Waals surface area contributed by atoms with Crippen LogP contribution in [0.25, 0.3) is 11.1 Å². The molecule has 0 aliphatic heterocycles. The number of benzene rings is 3. The van der Waals surface area contributed by atoms with Crippen molar-refractivity contribution in [3.63, 3.8) is 0 Å². The molecule has 0 amide bonds. The molecular weight excluding hydrogens is 496 g/mol.